The van der Waals surface area contributed by atoms with Crippen molar-refractivity contribution in [1.82, 2.24) is 14.8 Å². The summed E-state index contributed by atoms with van der Waals surface area (Å²) in [6.07, 6.45) is 1.63. The summed E-state index contributed by atoms with van der Waals surface area (Å²) < 4.78 is 12.8. The summed E-state index contributed by atoms with van der Waals surface area (Å²) in [4.78, 5) is 17.4. The lowest BCUT2D eigenvalue weighted by Gasteiger charge is -2.28. The molecule has 0 spiro atoms. The molecule has 1 aliphatic rings. The van der Waals surface area contributed by atoms with Gasteiger partial charge in [-0.3, -0.25) is 0 Å². The molecule has 8 heteroatoms. The molecule has 2 heterocycles. The van der Waals surface area contributed by atoms with Crippen LogP contribution in [0.4, 0.5) is 5.95 Å². The van der Waals surface area contributed by atoms with Crippen LogP contribution in [0, 0.1) is 0 Å². The summed E-state index contributed by atoms with van der Waals surface area (Å²) in [5.74, 6) is 1.82. The number of nitrogens with zero attached hydrogens (tertiary/aromatic N) is 3. The average molecular weight is 415 g/mol. The fraction of sp³-hybridized carbons (Fsp3) is 0.381. The smallest absolute Gasteiger partial charge is 0.338 e. The molecule has 0 radical (unpaired) electrons. The Morgan fingerprint density at radius 3 is 2.72 bits per heavy atom. The molecule has 1 N–H and O–H groups in total. The van der Waals surface area contributed by atoms with Crippen molar-refractivity contribution in [2.75, 3.05) is 17.7 Å². The van der Waals surface area contributed by atoms with E-state index in [4.69, 9.17) is 9.47 Å². The van der Waals surface area contributed by atoms with Crippen LogP contribution < -0.4 is 10.1 Å². The van der Waals surface area contributed by atoms with Crippen molar-refractivity contribution in [3.8, 4) is 5.75 Å². The van der Waals surface area contributed by atoms with E-state index >= 15 is 0 Å². The Labute approximate surface area is 175 Å². The molecule has 1 aromatic heterocycles. The first-order valence-corrected chi connectivity index (χ1v) is 10.5. The fourth-order valence-corrected chi connectivity index (χ4v) is 3.66. The lowest BCUT2D eigenvalue weighted by atomic mass is 9.96. The molecule has 1 unspecified atom stereocenters. The second kappa shape index (κ2) is 9.17. The quantitative estimate of drug-likeness (QED) is 0.394. The number of carbonyl (C=O) groups excluding carboxylic acids is 1. The largest absolute Gasteiger partial charge is 0.491 e. The highest BCUT2D eigenvalue weighted by Crippen LogP contribution is 2.37. The molecule has 2 aromatic rings. The number of hydrogen-bond donors (Lipinski definition) is 1. The number of rotatable bonds is 8. The van der Waals surface area contributed by atoms with E-state index in [0.29, 0.717) is 22.4 Å². The zero-order chi connectivity index (χ0) is 21.0. The molecule has 7 nitrogen and oxygen atoms in total. The van der Waals surface area contributed by atoms with Gasteiger partial charge in [0.05, 0.1) is 11.7 Å². The monoisotopic (exact) mass is 414 g/mol. The predicted molar refractivity (Wildman–Crippen MR) is 114 cm³/mol. The zero-order valence-corrected chi connectivity index (χ0v) is 18.0. The van der Waals surface area contributed by atoms with Gasteiger partial charge in [-0.15, -0.1) is 5.10 Å². The Hall–Kier alpha value is -2.74. The van der Waals surface area contributed by atoms with E-state index in [9.17, 15) is 4.79 Å². The molecule has 0 saturated carbocycles. The normalized spacial score (nSPS) is 15.7. The molecule has 0 bridgehead atoms. The molecule has 0 fully saturated rings. The number of benzene rings is 1. The minimum Gasteiger partial charge on any atom is -0.491 e. The Kier molecular flexibility index (Phi) is 6.64. The van der Waals surface area contributed by atoms with Crippen LogP contribution in [0.1, 0.15) is 39.3 Å². The molecule has 0 saturated heterocycles. The van der Waals surface area contributed by atoms with Gasteiger partial charge in [0.25, 0.3) is 0 Å². The number of carbonyl (C=O) groups is 1. The van der Waals surface area contributed by atoms with Crippen LogP contribution in [0.5, 0.6) is 5.75 Å². The number of thioether (sulfide) groups is 1. The van der Waals surface area contributed by atoms with Crippen molar-refractivity contribution in [3.05, 3.63) is 53.8 Å². The van der Waals surface area contributed by atoms with Gasteiger partial charge >= 0.3 is 5.97 Å². The third-order valence-corrected chi connectivity index (χ3v) is 4.95. The standard InChI is InChI=1S/C21H26N4O3S/c1-6-12-27-19(26)17-14(5)22-20-23-21(29-7-2)24-25(20)18(17)15-8-10-16(11-9-15)28-13(3)4/h6,8-11,13,18H,1,7,12H2,2-5H3,(H,22,23,24). The maximum Gasteiger partial charge on any atom is 0.338 e. The summed E-state index contributed by atoms with van der Waals surface area (Å²) >= 11 is 1.55. The first-order valence-electron chi connectivity index (χ1n) is 9.56. The Morgan fingerprint density at radius 2 is 2.10 bits per heavy atom. The van der Waals surface area contributed by atoms with Gasteiger partial charge in [0.1, 0.15) is 18.4 Å². The van der Waals surface area contributed by atoms with E-state index < -0.39 is 12.0 Å². The SMILES string of the molecule is C=CCOC(=O)C1=C(C)Nc2nc(SCC)nn2C1c1ccc(OC(C)C)cc1. The molecule has 0 aliphatic carbocycles. The maximum absolute atomic E-state index is 12.8. The highest BCUT2D eigenvalue weighted by molar-refractivity contribution is 7.99. The van der Waals surface area contributed by atoms with Crippen LogP contribution in [-0.2, 0) is 9.53 Å². The summed E-state index contributed by atoms with van der Waals surface area (Å²) in [5.41, 5.74) is 2.08. The van der Waals surface area contributed by atoms with E-state index in [1.165, 1.54) is 0 Å². The van der Waals surface area contributed by atoms with E-state index in [2.05, 4.69) is 22.0 Å². The van der Waals surface area contributed by atoms with Crippen LogP contribution in [0.15, 0.2) is 53.3 Å². The van der Waals surface area contributed by atoms with Gasteiger partial charge in [0, 0.05) is 5.70 Å². The zero-order valence-electron chi connectivity index (χ0n) is 17.1. The van der Waals surface area contributed by atoms with Crippen LogP contribution in [0.2, 0.25) is 0 Å². The Bertz CT molecular complexity index is 919. The van der Waals surface area contributed by atoms with Crippen molar-refractivity contribution < 1.29 is 14.3 Å². The van der Waals surface area contributed by atoms with E-state index in [-0.39, 0.29) is 12.7 Å². The summed E-state index contributed by atoms with van der Waals surface area (Å²) in [7, 11) is 0. The summed E-state index contributed by atoms with van der Waals surface area (Å²) in [5, 5.41) is 8.48. The first kappa shape index (κ1) is 21.0. The van der Waals surface area contributed by atoms with Crippen molar-refractivity contribution >= 4 is 23.7 Å². The van der Waals surface area contributed by atoms with Crippen LogP contribution in [-0.4, -0.2) is 39.2 Å². The number of ether oxygens (including phenoxy) is 2. The third kappa shape index (κ3) is 4.64. The molecule has 1 aliphatic heterocycles. The third-order valence-electron chi connectivity index (χ3n) is 4.23. The van der Waals surface area contributed by atoms with Crippen molar-refractivity contribution in [2.45, 2.75) is 45.0 Å². The number of aromatic nitrogens is 3. The number of fused-ring (bicyclic) bond motifs is 1. The van der Waals surface area contributed by atoms with Crippen molar-refractivity contribution in [3.63, 3.8) is 0 Å². The average Bonchev–Trinajstić information content (AvgIpc) is 3.07. The van der Waals surface area contributed by atoms with Crippen LogP contribution in [0.25, 0.3) is 0 Å². The maximum atomic E-state index is 12.8. The van der Waals surface area contributed by atoms with Crippen molar-refractivity contribution in [1.29, 1.82) is 0 Å². The lowest BCUT2D eigenvalue weighted by molar-refractivity contribution is -0.138. The Balaban J connectivity index is 2.04. The van der Waals surface area contributed by atoms with Gasteiger partial charge in [-0.1, -0.05) is 43.5 Å². The number of esters is 1. The number of anilines is 1. The van der Waals surface area contributed by atoms with Gasteiger partial charge in [0.15, 0.2) is 0 Å². The number of hydrogen-bond acceptors (Lipinski definition) is 7. The molecule has 1 atom stereocenters. The van der Waals surface area contributed by atoms with E-state index in [0.717, 1.165) is 17.1 Å². The minimum atomic E-state index is -0.449. The summed E-state index contributed by atoms with van der Waals surface area (Å²) in [6, 6.07) is 7.24. The minimum absolute atomic E-state index is 0.0851. The summed E-state index contributed by atoms with van der Waals surface area (Å²) in [6.45, 7) is 11.6. The van der Waals surface area contributed by atoms with Gasteiger partial charge in [-0.05, 0) is 44.2 Å². The second-order valence-electron chi connectivity index (χ2n) is 6.78. The van der Waals surface area contributed by atoms with Gasteiger partial charge in [-0.2, -0.15) is 4.98 Å². The van der Waals surface area contributed by atoms with Crippen LogP contribution >= 0.6 is 11.8 Å². The highest BCUT2D eigenvalue weighted by Gasteiger charge is 2.35. The molecule has 1 aromatic carbocycles. The molecular weight excluding hydrogens is 388 g/mol. The topological polar surface area (TPSA) is 78.3 Å². The van der Waals surface area contributed by atoms with Gasteiger partial charge in [0.2, 0.25) is 11.1 Å². The predicted octanol–water partition coefficient (Wildman–Crippen LogP) is 4.20. The van der Waals surface area contributed by atoms with Crippen molar-refractivity contribution in [2.24, 2.45) is 0 Å². The van der Waals surface area contributed by atoms with E-state index in [1.54, 1.807) is 22.5 Å². The number of allylic oxidation sites excluding steroid dienone is 1. The van der Waals surface area contributed by atoms with Gasteiger partial charge < -0.3 is 14.8 Å². The highest BCUT2D eigenvalue weighted by atomic mass is 32.2. The molecular formula is C21H26N4O3S. The Morgan fingerprint density at radius 1 is 1.38 bits per heavy atom. The second-order valence-corrected chi connectivity index (χ2v) is 8.02. The molecule has 29 heavy (non-hydrogen) atoms. The van der Waals surface area contributed by atoms with E-state index in [1.807, 2.05) is 52.0 Å². The van der Waals surface area contributed by atoms with Crippen LogP contribution in [0.3, 0.4) is 0 Å². The van der Waals surface area contributed by atoms with Gasteiger partial charge in [-0.25, -0.2) is 9.48 Å². The lowest BCUT2D eigenvalue weighted by Crippen LogP contribution is -2.29. The first-order chi connectivity index (χ1) is 13.9. The fourth-order valence-electron chi connectivity index (χ4n) is 3.11. The number of nitrogens with one attached hydrogen (secondary N) is 1. The molecule has 0 amide bonds. The molecule has 154 valence electrons. The molecule has 3 rings (SSSR count).